The molecular weight excluding hydrogens is 275 g/mol. The number of nitriles is 1. The van der Waals surface area contributed by atoms with E-state index in [4.69, 9.17) is 15.7 Å². The first-order chi connectivity index (χ1) is 9.62. The summed E-state index contributed by atoms with van der Waals surface area (Å²) < 4.78 is 18.3. The van der Waals surface area contributed by atoms with Gasteiger partial charge in [-0.2, -0.15) is 5.26 Å². The van der Waals surface area contributed by atoms with Gasteiger partial charge in [0.15, 0.2) is 0 Å². The van der Waals surface area contributed by atoms with Crippen molar-refractivity contribution < 1.29 is 9.13 Å². The van der Waals surface area contributed by atoms with Crippen LogP contribution in [0.4, 0.5) is 10.1 Å². The molecule has 0 atom stereocenters. The third kappa shape index (κ3) is 3.43. The number of ether oxygens (including phenoxy) is 1. The van der Waals surface area contributed by atoms with E-state index in [2.05, 4.69) is 6.07 Å². The topological polar surface area (TPSA) is 59.0 Å². The fourth-order valence-corrected chi connectivity index (χ4v) is 2.69. The van der Waals surface area contributed by atoms with E-state index in [1.165, 1.54) is 31.0 Å². The molecule has 0 saturated heterocycles. The minimum atomic E-state index is -0.347. The molecular formula is C15H13FN2OS. The number of methoxy groups -OCH3 is 1. The van der Waals surface area contributed by atoms with Crippen LogP contribution < -0.4 is 10.5 Å². The van der Waals surface area contributed by atoms with Gasteiger partial charge < -0.3 is 10.5 Å². The highest BCUT2D eigenvalue weighted by atomic mass is 32.2. The van der Waals surface area contributed by atoms with E-state index >= 15 is 0 Å². The second-order valence-electron chi connectivity index (χ2n) is 4.16. The first kappa shape index (κ1) is 14.2. The van der Waals surface area contributed by atoms with E-state index in [0.29, 0.717) is 22.8 Å². The normalized spacial score (nSPS) is 10.1. The number of hydrogen-bond acceptors (Lipinski definition) is 4. The minimum absolute atomic E-state index is 0.347. The number of benzene rings is 2. The van der Waals surface area contributed by atoms with Gasteiger partial charge in [-0.1, -0.05) is 6.07 Å². The number of rotatable bonds is 4. The number of hydrogen-bond donors (Lipinski definition) is 1. The molecule has 0 heterocycles. The zero-order chi connectivity index (χ0) is 14.5. The third-order valence-electron chi connectivity index (χ3n) is 2.68. The van der Waals surface area contributed by atoms with Crippen molar-refractivity contribution in [3.8, 4) is 11.8 Å². The molecule has 20 heavy (non-hydrogen) atoms. The Morgan fingerprint density at radius 1 is 1.30 bits per heavy atom. The maximum absolute atomic E-state index is 13.2. The van der Waals surface area contributed by atoms with Crippen LogP contribution in [0.3, 0.4) is 0 Å². The van der Waals surface area contributed by atoms with E-state index in [1.54, 1.807) is 18.2 Å². The molecule has 0 aliphatic heterocycles. The standard InChI is InChI=1S/C15H13FN2OS/c1-19-15-3-2-10(4-11(15)8-17)9-20-14-6-12(16)5-13(18)7-14/h2-7H,9,18H2,1H3. The second kappa shape index (κ2) is 6.31. The van der Waals surface area contributed by atoms with Crippen molar-refractivity contribution in [3.05, 3.63) is 53.3 Å². The van der Waals surface area contributed by atoms with Crippen LogP contribution in [0.2, 0.25) is 0 Å². The van der Waals surface area contributed by atoms with Crippen molar-refractivity contribution in [2.24, 2.45) is 0 Å². The van der Waals surface area contributed by atoms with Crippen molar-refractivity contribution in [1.29, 1.82) is 5.26 Å². The molecule has 0 aliphatic rings. The fraction of sp³-hybridized carbons (Fsp3) is 0.133. The van der Waals surface area contributed by atoms with Crippen LogP contribution in [0.1, 0.15) is 11.1 Å². The molecule has 0 amide bonds. The van der Waals surface area contributed by atoms with Gasteiger partial charge in [0.25, 0.3) is 0 Å². The summed E-state index contributed by atoms with van der Waals surface area (Å²) in [7, 11) is 1.53. The molecule has 0 radical (unpaired) electrons. The highest BCUT2D eigenvalue weighted by molar-refractivity contribution is 7.98. The Hall–Kier alpha value is -2.19. The molecule has 0 aliphatic carbocycles. The number of nitrogens with zero attached hydrogens (tertiary/aromatic N) is 1. The number of halogens is 1. The van der Waals surface area contributed by atoms with Gasteiger partial charge in [-0.3, -0.25) is 0 Å². The molecule has 0 bridgehead atoms. The van der Waals surface area contributed by atoms with Crippen LogP contribution in [-0.2, 0) is 5.75 Å². The van der Waals surface area contributed by atoms with Gasteiger partial charge in [-0.25, -0.2) is 4.39 Å². The summed E-state index contributed by atoms with van der Waals surface area (Å²) in [6.45, 7) is 0. The summed E-state index contributed by atoms with van der Waals surface area (Å²) in [5, 5.41) is 9.03. The average Bonchev–Trinajstić information content (AvgIpc) is 2.43. The largest absolute Gasteiger partial charge is 0.495 e. The lowest BCUT2D eigenvalue weighted by molar-refractivity contribution is 0.413. The van der Waals surface area contributed by atoms with Crippen LogP contribution in [-0.4, -0.2) is 7.11 Å². The minimum Gasteiger partial charge on any atom is -0.495 e. The molecule has 102 valence electrons. The molecule has 0 spiro atoms. The number of nitrogens with two attached hydrogens (primary N) is 1. The third-order valence-corrected chi connectivity index (χ3v) is 3.73. The molecule has 2 N–H and O–H groups in total. The van der Waals surface area contributed by atoms with Gasteiger partial charge in [-0.05, 0) is 35.9 Å². The number of nitrogen functional groups attached to an aromatic ring is 1. The lowest BCUT2D eigenvalue weighted by Crippen LogP contribution is -1.91. The Labute approximate surface area is 121 Å². The SMILES string of the molecule is COc1ccc(CSc2cc(N)cc(F)c2)cc1C#N. The summed E-state index contributed by atoms with van der Waals surface area (Å²) in [6, 6.07) is 12.0. The molecule has 0 unspecified atom stereocenters. The van der Waals surface area contributed by atoms with E-state index < -0.39 is 0 Å². The Morgan fingerprint density at radius 2 is 2.10 bits per heavy atom. The van der Waals surface area contributed by atoms with Gasteiger partial charge >= 0.3 is 0 Å². The zero-order valence-electron chi connectivity index (χ0n) is 10.9. The van der Waals surface area contributed by atoms with Crippen LogP contribution in [0, 0.1) is 17.1 Å². The Kier molecular flexibility index (Phi) is 4.49. The van der Waals surface area contributed by atoms with Gasteiger partial charge in [0.2, 0.25) is 0 Å². The van der Waals surface area contributed by atoms with Crippen LogP contribution in [0.25, 0.3) is 0 Å². The van der Waals surface area contributed by atoms with Crippen LogP contribution >= 0.6 is 11.8 Å². The van der Waals surface area contributed by atoms with Crippen LogP contribution in [0.15, 0.2) is 41.3 Å². The smallest absolute Gasteiger partial charge is 0.136 e. The monoisotopic (exact) mass is 288 g/mol. The molecule has 3 nitrogen and oxygen atoms in total. The predicted octanol–water partition coefficient (Wildman–Crippen LogP) is 3.58. The lowest BCUT2D eigenvalue weighted by Gasteiger charge is -2.06. The fourth-order valence-electron chi connectivity index (χ4n) is 1.77. The molecule has 2 rings (SSSR count). The Bertz CT molecular complexity index is 647. The van der Waals surface area contributed by atoms with Gasteiger partial charge in [0.05, 0.1) is 12.7 Å². The van der Waals surface area contributed by atoms with E-state index in [0.717, 1.165) is 10.5 Å². The summed E-state index contributed by atoms with van der Waals surface area (Å²) >= 11 is 1.46. The number of thioether (sulfide) groups is 1. The van der Waals surface area contributed by atoms with E-state index in [1.807, 2.05) is 6.07 Å². The Balaban J connectivity index is 2.13. The summed E-state index contributed by atoms with van der Waals surface area (Å²) in [5.41, 5.74) is 7.46. The highest BCUT2D eigenvalue weighted by Gasteiger charge is 2.05. The van der Waals surface area contributed by atoms with E-state index in [9.17, 15) is 4.39 Å². The predicted molar refractivity (Wildman–Crippen MR) is 78.1 cm³/mol. The molecule has 0 fully saturated rings. The highest BCUT2D eigenvalue weighted by Crippen LogP contribution is 2.27. The summed E-state index contributed by atoms with van der Waals surface area (Å²) in [5.74, 6) is 0.831. The lowest BCUT2D eigenvalue weighted by atomic mass is 10.1. The molecule has 0 saturated carbocycles. The Morgan fingerprint density at radius 3 is 2.75 bits per heavy atom. The van der Waals surface area contributed by atoms with Crippen molar-refractivity contribution in [1.82, 2.24) is 0 Å². The maximum Gasteiger partial charge on any atom is 0.136 e. The van der Waals surface area contributed by atoms with Gasteiger partial charge in [-0.15, -0.1) is 11.8 Å². The van der Waals surface area contributed by atoms with Crippen molar-refractivity contribution in [2.45, 2.75) is 10.6 Å². The van der Waals surface area contributed by atoms with Crippen molar-refractivity contribution in [2.75, 3.05) is 12.8 Å². The second-order valence-corrected chi connectivity index (χ2v) is 5.20. The molecule has 2 aromatic rings. The van der Waals surface area contributed by atoms with Crippen molar-refractivity contribution >= 4 is 17.4 Å². The zero-order valence-corrected chi connectivity index (χ0v) is 11.7. The summed E-state index contributed by atoms with van der Waals surface area (Å²) in [6.07, 6.45) is 0. The quantitative estimate of drug-likeness (QED) is 0.690. The van der Waals surface area contributed by atoms with Crippen molar-refractivity contribution in [3.63, 3.8) is 0 Å². The molecule has 0 aromatic heterocycles. The first-order valence-corrected chi connectivity index (χ1v) is 6.87. The number of anilines is 1. The maximum atomic E-state index is 13.2. The van der Waals surface area contributed by atoms with E-state index in [-0.39, 0.29) is 5.82 Å². The average molecular weight is 288 g/mol. The molecule has 2 aromatic carbocycles. The summed E-state index contributed by atoms with van der Waals surface area (Å²) in [4.78, 5) is 0.761. The molecule has 5 heteroatoms. The van der Waals surface area contributed by atoms with Crippen LogP contribution in [0.5, 0.6) is 5.75 Å². The van der Waals surface area contributed by atoms with Gasteiger partial charge in [0, 0.05) is 16.3 Å². The van der Waals surface area contributed by atoms with Gasteiger partial charge in [0.1, 0.15) is 17.6 Å². The first-order valence-electron chi connectivity index (χ1n) is 5.88.